The summed E-state index contributed by atoms with van der Waals surface area (Å²) in [5, 5.41) is 9.64. The Kier molecular flexibility index (Phi) is 1.51. The fourth-order valence-corrected chi connectivity index (χ4v) is 3.51. The van der Waals surface area contributed by atoms with Gasteiger partial charge in [-0.2, -0.15) is 0 Å². The van der Waals surface area contributed by atoms with Crippen LogP contribution in [0.5, 0.6) is 0 Å². The minimum atomic E-state index is -0.422. The SMILES string of the molecule is O[C@H]1C[C@@H]2[C@@H](CC23OC=CO3)[C@@H]1Br. The van der Waals surface area contributed by atoms with Crippen LogP contribution in [0.2, 0.25) is 0 Å². The number of hydrogen-bond acceptors (Lipinski definition) is 3. The Morgan fingerprint density at radius 1 is 1.38 bits per heavy atom. The molecule has 0 unspecified atom stereocenters. The van der Waals surface area contributed by atoms with Gasteiger partial charge in [0.05, 0.1) is 6.10 Å². The summed E-state index contributed by atoms with van der Waals surface area (Å²) in [6.45, 7) is 0. The number of fused-ring (bicyclic) bond motifs is 2. The van der Waals surface area contributed by atoms with Crippen molar-refractivity contribution in [2.75, 3.05) is 0 Å². The van der Waals surface area contributed by atoms with Gasteiger partial charge in [0.15, 0.2) is 0 Å². The van der Waals surface area contributed by atoms with Gasteiger partial charge in [-0.15, -0.1) is 0 Å². The summed E-state index contributed by atoms with van der Waals surface area (Å²) in [5.41, 5.74) is 0. The Morgan fingerprint density at radius 3 is 2.69 bits per heavy atom. The zero-order valence-corrected chi connectivity index (χ0v) is 8.61. The van der Waals surface area contributed by atoms with Crippen molar-refractivity contribution >= 4 is 15.9 Å². The zero-order valence-electron chi connectivity index (χ0n) is 7.02. The van der Waals surface area contributed by atoms with Crippen LogP contribution in [0.25, 0.3) is 0 Å². The van der Waals surface area contributed by atoms with Crippen molar-refractivity contribution in [3.05, 3.63) is 12.5 Å². The van der Waals surface area contributed by atoms with Crippen molar-refractivity contribution in [3.8, 4) is 0 Å². The van der Waals surface area contributed by atoms with Gasteiger partial charge in [-0.25, -0.2) is 0 Å². The van der Waals surface area contributed by atoms with Gasteiger partial charge in [0.1, 0.15) is 12.5 Å². The van der Waals surface area contributed by atoms with E-state index in [1.54, 1.807) is 12.5 Å². The highest BCUT2D eigenvalue weighted by Crippen LogP contribution is 2.59. The minimum Gasteiger partial charge on any atom is -0.456 e. The molecule has 1 N–H and O–H groups in total. The van der Waals surface area contributed by atoms with E-state index in [1.165, 1.54) is 0 Å². The van der Waals surface area contributed by atoms with E-state index in [0.717, 1.165) is 12.8 Å². The third-order valence-electron chi connectivity index (χ3n) is 3.46. The fourth-order valence-electron chi connectivity index (χ4n) is 2.74. The number of hydrogen-bond donors (Lipinski definition) is 1. The molecule has 2 saturated carbocycles. The summed E-state index contributed by atoms with van der Waals surface area (Å²) in [5.74, 6) is 0.436. The first kappa shape index (κ1) is 8.12. The lowest BCUT2D eigenvalue weighted by Gasteiger charge is -2.47. The van der Waals surface area contributed by atoms with Crippen molar-refractivity contribution in [2.45, 2.75) is 29.6 Å². The Morgan fingerprint density at radius 2 is 2.08 bits per heavy atom. The molecule has 4 heteroatoms. The Hall–Kier alpha value is -0.220. The maximum Gasteiger partial charge on any atom is 0.253 e. The van der Waals surface area contributed by atoms with Crippen LogP contribution in [0.1, 0.15) is 12.8 Å². The lowest BCUT2D eigenvalue weighted by molar-refractivity contribution is -0.255. The quantitative estimate of drug-likeness (QED) is 0.657. The average Bonchev–Trinajstić information content (AvgIpc) is 2.65. The number of rotatable bonds is 0. The van der Waals surface area contributed by atoms with Crippen LogP contribution in [0.4, 0.5) is 0 Å². The van der Waals surface area contributed by atoms with Crippen LogP contribution in [-0.4, -0.2) is 21.8 Å². The molecule has 0 saturated heterocycles. The van der Waals surface area contributed by atoms with Crippen LogP contribution in [-0.2, 0) is 9.47 Å². The summed E-state index contributed by atoms with van der Waals surface area (Å²) < 4.78 is 10.9. The van der Waals surface area contributed by atoms with Crippen LogP contribution < -0.4 is 0 Å². The summed E-state index contributed by atoms with van der Waals surface area (Å²) in [4.78, 5) is 0.218. The smallest absolute Gasteiger partial charge is 0.253 e. The number of aliphatic hydroxyl groups is 1. The van der Waals surface area contributed by atoms with Crippen LogP contribution in [0, 0.1) is 11.8 Å². The average molecular weight is 247 g/mol. The predicted molar refractivity (Wildman–Crippen MR) is 49.0 cm³/mol. The molecule has 0 bridgehead atoms. The van der Waals surface area contributed by atoms with E-state index >= 15 is 0 Å². The second kappa shape index (κ2) is 2.42. The number of aliphatic hydroxyl groups excluding tert-OH is 1. The van der Waals surface area contributed by atoms with Gasteiger partial charge in [0.25, 0.3) is 5.79 Å². The van der Waals surface area contributed by atoms with Crippen LogP contribution in [0.15, 0.2) is 12.5 Å². The molecule has 72 valence electrons. The number of ether oxygens (including phenoxy) is 2. The normalized spacial score (nSPS) is 49.7. The number of halogens is 1. The maximum absolute atomic E-state index is 9.64. The molecule has 0 radical (unpaired) electrons. The van der Waals surface area contributed by atoms with Gasteiger partial charge < -0.3 is 14.6 Å². The third kappa shape index (κ3) is 0.880. The molecule has 2 fully saturated rings. The molecule has 13 heavy (non-hydrogen) atoms. The van der Waals surface area contributed by atoms with Gasteiger partial charge in [0.2, 0.25) is 0 Å². The van der Waals surface area contributed by atoms with Gasteiger partial charge in [-0.1, -0.05) is 15.9 Å². The number of alkyl halides is 1. The van der Waals surface area contributed by atoms with Gasteiger partial charge >= 0.3 is 0 Å². The molecule has 3 nitrogen and oxygen atoms in total. The molecule has 0 aromatic heterocycles. The van der Waals surface area contributed by atoms with E-state index in [9.17, 15) is 5.11 Å². The lowest BCUT2D eigenvalue weighted by Crippen LogP contribution is -2.54. The Labute approximate surface area is 84.8 Å². The molecule has 0 aromatic rings. The summed E-state index contributed by atoms with van der Waals surface area (Å²) >= 11 is 3.51. The van der Waals surface area contributed by atoms with E-state index in [1.807, 2.05) is 0 Å². The Balaban J connectivity index is 1.80. The highest BCUT2D eigenvalue weighted by molar-refractivity contribution is 9.09. The van der Waals surface area contributed by atoms with Crippen molar-refractivity contribution in [1.29, 1.82) is 0 Å². The monoisotopic (exact) mass is 246 g/mol. The zero-order chi connectivity index (χ0) is 9.05. The molecule has 1 aliphatic heterocycles. The first-order valence-corrected chi connectivity index (χ1v) is 5.47. The molecule has 0 amide bonds. The highest BCUT2D eigenvalue weighted by atomic mass is 79.9. The van der Waals surface area contributed by atoms with E-state index in [4.69, 9.17) is 9.47 Å². The van der Waals surface area contributed by atoms with E-state index in [2.05, 4.69) is 15.9 Å². The summed E-state index contributed by atoms with van der Waals surface area (Å²) in [6, 6.07) is 0. The molecule has 1 spiro atoms. The molecular formula is C9H11BrO3. The highest BCUT2D eigenvalue weighted by Gasteiger charge is 2.65. The van der Waals surface area contributed by atoms with Crippen LogP contribution in [0.3, 0.4) is 0 Å². The largest absolute Gasteiger partial charge is 0.456 e. The summed E-state index contributed by atoms with van der Waals surface area (Å²) in [7, 11) is 0. The van der Waals surface area contributed by atoms with Crippen molar-refractivity contribution in [3.63, 3.8) is 0 Å². The van der Waals surface area contributed by atoms with Crippen LogP contribution >= 0.6 is 15.9 Å². The van der Waals surface area contributed by atoms with Gasteiger partial charge in [0, 0.05) is 17.2 Å². The second-order valence-corrected chi connectivity index (χ2v) is 5.10. The molecule has 4 atom stereocenters. The molecular weight excluding hydrogens is 236 g/mol. The second-order valence-electron chi connectivity index (χ2n) is 4.04. The summed E-state index contributed by atoms with van der Waals surface area (Å²) in [6.07, 6.45) is 4.62. The van der Waals surface area contributed by atoms with E-state index in [0.29, 0.717) is 11.8 Å². The van der Waals surface area contributed by atoms with E-state index < -0.39 is 5.79 Å². The molecule has 0 aromatic carbocycles. The maximum atomic E-state index is 9.64. The first-order chi connectivity index (χ1) is 6.23. The van der Waals surface area contributed by atoms with Gasteiger partial charge in [-0.3, -0.25) is 0 Å². The molecule has 3 rings (SSSR count). The standard InChI is InChI=1S/C9H11BrO3/c10-8-5-4-9(12-1-2-13-9)6(5)3-7(8)11/h1-2,5-8,11H,3-4H2/t5-,6-,7+,8+/m1/s1. The molecule has 3 aliphatic rings. The third-order valence-corrected chi connectivity index (χ3v) is 4.75. The minimum absolute atomic E-state index is 0.218. The van der Waals surface area contributed by atoms with E-state index in [-0.39, 0.29) is 10.9 Å². The predicted octanol–water partition coefficient (Wildman–Crippen LogP) is 1.36. The lowest BCUT2D eigenvalue weighted by atomic mass is 9.70. The topological polar surface area (TPSA) is 38.7 Å². The Bertz CT molecular complexity index is 258. The molecule has 2 aliphatic carbocycles. The first-order valence-electron chi connectivity index (χ1n) is 4.56. The van der Waals surface area contributed by atoms with Crippen molar-refractivity contribution < 1.29 is 14.6 Å². The van der Waals surface area contributed by atoms with Crippen molar-refractivity contribution in [1.82, 2.24) is 0 Å². The van der Waals surface area contributed by atoms with Gasteiger partial charge in [-0.05, 0) is 12.3 Å². The fraction of sp³-hybridized carbons (Fsp3) is 0.778. The molecule has 1 heterocycles. The van der Waals surface area contributed by atoms with Crippen molar-refractivity contribution in [2.24, 2.45) is 11.8 Å².